The Morgan fingerprint density at radius 1 is 0.477 bits per heavy atom. The van der Waals surface area contributed by atoms with E-state index >= 15 is 0 Å². The Hall–Kier alpha value is -15.3. The summed E-state index contributed by atoms with van der Waals surface area (Å²) >= 11 is 0. The van der Waals surface area contributed by atoms with Crippen LogP contribution in [-0.2, 0) is 7.05 Å². The molecule has 0 aliphatic carbocycles. The molecule has 0 saturated heterocycles. The Kier molecular flexibility index (Phi) is 19.7. The highest BCUT2D eigenvalue weighted by Gasteiger charge is 2.26. The van der Waals surface area contributed by atoms with Crippen LogP contribution in [0.1, 0.15) is 67.6 Å². The largest absolute Gasteiger partial charge is 0.467 e. The summed E-state index contributed by atoms with van der Waals surface area (Å²) in [6, 6.07) is 32.5. The first-order valence-electron chi connectivity index (χ1n) is 32.7. The number of ether oxygens (including phenoxy) is 1. The number of nitrogens with two attached hydrogens (primary N) is 2. The highest BCUT2D eigenvalue weighted by atomic mass is 16.5. The van der Waals surface area contributed by atoms with Crippen molar-refractivity contribution in [1.29, 1.82) is 0 Å². The first-order valence-corrected chi connectivity index (χ1v) is 32.7. The van der Waals surface area contributed by atoms with Crippen LogP contribution >= 0.6 is 0 Å². The van der Waals surface area contributed by atoms with Gasteiger partial charge in [0.25, 0.3) is 16.7 Å². The SMILES string of the molecule is [C-]#[N+]c1c(N)ccnc1N[C@@H](C)c1cc2cccc(-c3cnc(C)nc3)c2c(=O)n1-c1ccon1.[C-]#[N+]c1c(N)ccnc1N[C@@H](C)c1cc2cccc(-c3cnc(OC)nc3)c2c(=O)n1-c1ccon1.[C-]#[N+]c1cnc(C)nc1N[C@@H](C)c1cc2cccc(-c3ccc(=O)n(C)c3)c2c(=O)n1-c1ccon1. The smallest absolute Gasteiger partial charge is 0.316 e. The van der Waals surface area contributed by atoms with Crippen molar-refractivity contribution in [3.05, 3.63) is 288 Å². The molecule has 31 heteroatoms. The fourth-order valence-corrected chi connectivity index (χ4v) is 12.2. The minimum atomic E-state index is -0.457. The van der Waals surface area contributed by atoms with Crippen LogP contribution in [0.25, 0.3) is 97.7 Å². The van der Waals surface area contributed by atoms with E-state index in [1.54, 1.807) is 88.3 Å². The van der Waals surface area contributed by atoms with E-state index in [0.29, 0.717) is 119 Å². The second-order valence-electron chi connectivity index (χ2n) is 24.1. The molecule has 0 radical (unpaired) electrons. The average Bonchev–Trinajstić information content (AvgIpc) is 1.63. The molecule has 12 aromatic heterocycles. The number of nitrogen functional groups attached to an aromatic ring is 2. The number of nitrogens with zero attached hydrogens (tertiary/aromatic N) is 18. The monoisotopic (exact) mass is 1420 g/mol. The van der Waals surface area contributed by atoms with Crippen LogP contribution in [0.3, 0.4) is 0 Å². The normalized spacial score (nSPS) is 11.8. The lowest BCUT2D eigenvalue weighted by Gasteiger charge is -2.21. The van der Waals surface area contributed by atoms with Gasteiger partial charge in [0.2, 0.25) is 22.6 Å². The number of rotatable bonds is 16. The lowest BCUT2D eigenvalue weighted by Crippen LogP contribution is -2.26. The molecule has 0 aliphatic heterocycles. The first-order chi connectivity index (χ1) is 51.9. The number of benzene rings is 3. The molecule has 0 aliphatic rings. The van der Waals surface area contributed by atoms with E-state index in [0.717, 1.165) is 21.9 Å². The third kappa shape index (κ3) is 14.0. The van der Waals surface area contributed by atoms with Gasteiger partial charge in [-0.1, -0.05) is 70.1 Å². The van der Waals surface area contributed by atoms with Crippen LogP contribution < -0.4 is 54.4 Å². The zero-order valence-electron chi connectivity index (χ0n) is 58.0. The quantitative estimate of drug-likeness (QED) is 0.0561. The summed E-state index contributed by atoms with van der Waals surface area (Å²) in [4.78, 5) is 98.4. The minimum Gasteiger partial charge on any atom is -0.467 e. The number of methoxy groups -OCH3 is 1. The number of pyridine rings is 6. The summed E-state index contributed by atoms with van der Waals surface area (Å²) in [5.41, 5.74) is 18.2. The van der Waals surface area contributed by atoms with Crippen molar-refractivity contribution in [3.63, 3.8) is 0 Å². The Bertz CT molecular complexity index is 6260. The molecule has 12 heterocycles. The molecule has 107 heavy (non-hydrogen) atoms. The molecule has 528 valence electrons. The number of anilines is 5. The maximum Gasteiger partial charge on any atom is 0.316 e. The molecular formula is C76H61N23O8. The molecule has 0 spiro atoms. The van der Waals surface area contributed by atoms with E-state index in [2.05, 4.69) is 85.8 Å². The molecule has 31 nitrogen and oxygen atoms in total. The van der Waals surface area contributed by atoms with E-state index in [-0.39, 0.29) is 45.3 Å². The van der Waals surface area contributed by atoms with Crippen LogP contribution in [0.5, 0.6) is 6.01 Å². The summed E-state index contributed by atoms with van der Waals surface area (Å²) in [6.07, 6.45) is 17.0. The Balaban J connectivity index is 0.000000142. The molecular weight excluding hydrogens is 1360 g/mol. The predicted octanol–water partition coefficient (Wildman–Crippen LogP) is 12.8. The number of nitrogens with one attached hydrogen (secondary N) is 3. The van der Waals surface area contributed by atoms with E-state index in [1.807, 2.05) is 93.6 Å². The first kappa shape index (κ1) is 70.1. The maximum atomic E-state index is 14.0. The standard InChI is InChI=1S/C26H21N7O3.C25H20N8O3.C25H20N8O2/c1-15(29-25-20(27-3)13-28-16(2)30-25)21-12-17-6-5-7-19(18-8-9-23(34)32(4)14-18)24(17)26(35)33(21)22-10-11-36-31-22;1-14(31-23-22(27-2)18(26)7-9-28-23)19-11-15-5-4-6-17(16-12-29-25(35-3)30-13-16)21(15)24(34)33(19)20-8-10-36-32-20;1-14(31-24-23(27-3)19(26)7-9-28-24)20-11-16-5-4-6-18(17-12-29-15(2)30-13-17)22(16)25(34)33(20)21-8-10-35-32-21/h5-15H,1-2,4H3,(H,28,29,30);4-14H,1,3H3,(H3,26,28,31);4-14H,1-2H3,(H3,26,28,31)/t15-;2*14-/m000/s1. The average molecular weight is 1420 g/mol. The van der Waals surface area contributed by atoms with Gasteiger partial charge in [0.05, 0.1) is 78.2 Å². The van der Waals surface area contributed by atoms with Crippen LogP contribution in [0.4, 0.5) is 45.9 Å². The van der Waals surface area contributed by atoms with Crippen molar-refractivity contribution < 1.29 is 18.3 Å². The van der Waals surface area contributed by atoms with E-state index in [4.69, 9.17) is 49.5 Å². The van der Waals surface area contributed by atoms with Crippen molar-refractivity contribution in [3.8, 4) is 56.8 Å². The topological polar surface area (TPSA) is 380 Å². The number of hydrogen-bond donors (Lipinski definition) is 5. The summed E-state index contributed by atoms with van der Waals surface area (Å²) in [5.74, 6) is 3.17. The number of aromatic nitrogens is 15. The highest BCUT2D eigenvalue weighted by Crippen LogP contribution is 2.38. The van der Waals surface area contributed by atoms with Gasteiger partial charge in [-0.05, 0) is 109 Å². The van der Waals surface area contributed by atoms with Gasteiger partial charge in [0.1, 0.15) is 47.9 Å². The van der Waals surface area contributed by atoms with Crippen molar-refractivity contribution in [2.24, 2.45) is 7.05 Å². The van der Waals surface area contributed by atoms with Crippen LogP contribution in [0.2, 0.25) is 0 Å². The lowest BCUT2D eigenvalue weighted by molar-refractivity contribution is 0.380. The molecule has 0 bridgehead atoms. The Morgan fingerprint density at radius 3 is 1.26 bits per heavy atom. The fraction of sp³-hybridized carbons (Fsp3) is 0.132. The van der Waals surface area contributed by atoms with Crippen LogP contribution in [0, 0.1) is 33.6 Å². The zero-order chi connectivity index (χ0) is 75.2. The van der Waals surface area contributed by atoms with Gasteiger partial charge in [-0.3, -0.25) is 47.8 Å². The van der Waals surface area contributed by atoms with E-state index in [9.17, 15) is 19.2 Å². The highest BCUT2D eigenvalue weighted by molar-refractivity contribution is 5.99. The summed E-state index contributed by atoms with van der Waals surface area (Å²) in [6.45, 7) is 31.5. The van der Waals surface area contributed by atoms with Gasteiger partial charge < -0.3 is 50.3 Å². The molecule has 3 aromatic carbocycles. The van der Waals surface area contributed by atoms with Crippen molar-refractivity contribution >= 4 is 78.2 Å². The number of hydrogen-bond acceptors (Lipinski definition) is 24. The molecule has 0 saturated carbocycles. The Labute approximate surface area is 606 Å². The van der Waals surface area contributed by atoms with Gasteiger partial charge in [-0.25, -0.2) is 39.5 Å². The predicted molar refractivity (Wildman–Crippen MR) is 402 cm³/mol. The summed E-state index contributed by atoms with van der Waals surface area (Å²) in [7, 11) is 3.16. The van der Waals surface area contributed by atoms with E-state index in [1.165, 1.54) is 68.8 Å². The summed E-state index contributed by atoms with van der Waals surface area (Å²) in [5, 5.41) is 25.4. The molecule has 15 aromatic rings. The van der Waals surface area contributed by atoms with Crippen LogP contribution in [0.15, 0.2) is 216 Å². The third-order valence-corrected chi connectivity index (χ3v) is 17.3. The van der Waals surface area contributed by atoms with Crippen molar-refractivity contribution in [1.82, 2.24) is 73.6 Å². The molecule has 3 atom stereocenters. The van der Waals surface area contributed by atoms with Gasteiger partial charge >= 0.3 is 6.01 Å². The molecule has 15 rings (SSSR count). The number of aryl methyl sites for hydroxylation is 3. The van der Waals surface area contributed by atoms with E-state index < -0.39 is 18.1 Å². The maximum absolute atomic E-state index is 14.0. The molecule has 0 amide bonds. The minimum absolute atomic E-state index is 0.139. The second-order valence-corrected chi connectivity index (χ2v) is 24.1. The van der Waals surface area contributed by atoms with Crippen molar-refractivity contribution in [2.45, 2.75) is 52.7 Å². The zero-order valence-corrected chi connectivity index (χ0v) is 58.0. The van der Waals surface area contributed by atoms with Gasteiger partial charge in [-0.15, -0.1) is 0 Å². The number of fused-ring (bicyclic) bond motifs is 3. The molecule has 0 unspecified atom stereocenters. The lowest BCUT2D eigenvalue weighted by atomic mass is 9.99. The second kappa shape index (κ2) is 30.1. The van der Waals surface area contributed by atoms with Gasteiger partial charge in [0, 0.05) is 103 Å². The van der Waals surface area contributed by atoms with Crippen LogP contribution in [-0.4, -0.2) is 80.7 Å². The fourth-order valence-electron chi connectivity index (χ4n) is 12.2. The third-order valence-electron chi connectivity index (χ3n) is 17.3. The van der Waals surface area contributed by atoms with Crippen molar-refractivity contribution in [2.75, 3.05) is 34.5 Å². The van der Waals surface area contributed by atoms with Gasteiger partial charge in [0.15, 0.2) is 17.5 Å². The summed E-state index contributed by atoms with van der Waals surface area (Å²) < 4.78 is 26.1. The van der Waals surface area contributed by atoms with Gasteiger partial charge in [-0.2, -0.15) is 0 Å². The molecule has 7 N–H and O–H groups in total. The molecule has 0 fully saturated rings. The Morgan fingerprint density at radius 2 is 0.879 bits per heavy atom.